The number of carbonyl (C=O) groups excluding carboxylic acids is 1. The van der Waals surface area contributed by atoms with Gasteiger partial charge in [0.25, 0.3) is 5.91 Å². The van der Waals surface area contributed by atoms with Crippen molar-refractivity contribution in [1.82, 2.24) is 4.98 Å². The van der Waals surface area contributed by atoms with Crippen LogP contribution in [0.2, 0.25) is 0 Å². The second-order valence-electron chi connectivity index (χ2n) is 7.10. The molecule has 0 saturated heterocycles. The predicted molar refractivity (Wildman–Crippen MR) is 112 cm³/mol. The van der Waals surface area contributed by atoms with Crippen LogP contribution >= 0.6 is 11.8 Å². The van der Waals surface area contributed by atoms with Crippen LogP contribution < -0.4 is 10.2 Å². The van der Waals surface area contributed by atoms with Crippen molar-refractivity contribution < 1.29 is 9.53 Å². The number of amides is 1. The summed E-state index contributed by atoms with van der Waals surface area (Å²) in [6, 6.07) is 10.2. The number of benzene rings is 1. The standard InChI is InChI=1S/C22H23N3O2S/c1-3-4-9-25-21-20(28-19-8-6-5-7-18(19)22(25)26)12-17(13-23-21)24-16-10-15(11-16)14-27-2/h5-8,12-13,15-16,24H,9-11,14H2,1-2H3. The van der Waals surface area contributed by atoms with Crippen LogP contribution in [0.15, 0.2) is 46.3 Å². The quantitative estimate of drug-likeness (QED) is 0.777. The van der Waals surface area contributed by atoms with Gasteiger partial charge in [-0.25, -0.2) is 4.98 Å². The Morgan fingerprint density at radius 2 is 2.14 bits per heavy atom. The van der Waals surface area contributed by atoms with Gasteiger partial charge in [0, 0.05) is 24.7 Å². The number of hydrogen-bond donors (Lipinski definition) is 1. The fourth-order valence-corrected chi connectivity index (χ4v) is 4.74. The first-order valence-corrected chi connectivity index (χ1v) is 10.2. The molecule has 1 amide bonds. The molecule has 5 nitrogen and oxygen atoms in total. The molecule has 1 aromatic carbocycles. The molecule has 0 spiro atoms. The van der Waals surface area contributed by atoms with Gasteiger partial charge < -0.3 is 10.1 Å². The Kier molecular flexibility index (Phi) is 5.56. The summed E-state index contributed by atoms with van der Waals surface area (Å²) in [5, 5.41) is 3.57. The largest absolute Gasteiger partial charge is 0.384 e. The summed E-state index contributed by atoms with van der Waals surface area (Å²) >= 11 is 1.59. The van der Waals surface area contributed by atoms with Crippen LogP contribution in [-0.4, -0.2) is 37.2 Å². The first-order chi connectivity index (χ1) is 13.7. The maximum atomic E-state index is 13.1. The van der Waals surface area contributed by atoms with E-state index in [1.807, 2.05) is 30.5 Å². The van der Waals surface area contributed by atoms with Crippen LogP contribution in [0.5, 0.6) is 0 Å². The zero-order valence-electron chi connectivity index (χ0n) is 16.1. The second-order valence-corrected chi connectivity index (χ2v) is 8.18. The molecule has 1 aromatic heterocycles. The van der Waals surface area contributed by atoms with Gasteiger partial charge in [-0.2, -0.15) is 0 Å². The number of methoxy groups -OCH3 is 1. The van der Waals surface area contributed by atoms with E-state index in [-0.39, 0.29) is 5.91 Å². The number of carbonyl (C=O) groups is 1. The Labute approximate surface area is 169 Å². The zero-order chi connectivity index (χ0) is 19.5. The lowest BCUT2D eigenvalue weighted by atomic mass is 9.81. The Balaban J connectivity index is 1.62. The van der Waals surface area contributed by atoms with E-state index in [0.717, 1.165) is 34.9 Å². The van der Waals surface area contributed by atoms with Crippen molar-refractivity contribution in [2.45, 2.75) is 35.6 Å². The van der Waals surface area contributed by atoms with Crippen LogP contribution in [0.3, 0.4) is 0 Å². The van der Waals surface area contributed by atoms with Crippen molar-refractivity contribution >= 4 is 29.2 Å². The number of aromatic nitrogens is 1. The first-order valence-electron chi connectivity index (χ1n) is 9.43. The van der Waals surface area contributed by atoms with Gasteiger partial charge in [-0.3, -0.25) is 9.69 Å². The highest BCUT2D eigenvalue weighted by atomic mass is 32.2. The fraction of sp³-hybridized carbons (Fsp3) is 0.364. The van der Waals surface area contributed by atoms with Gasteiger partial charge in [0.05, 0.1) is 28.9 Å². The molecule has 1 fully saturated rings. The molecule has 144 valence electrons. The highest BCUT2D eigenvalue weighted by molar-refractivity contribution is 7.99. The van der Waals surface area contributed by atoms with Crippen LogP contribution in [0.4, 0.5) is 11.5 Å². The molecule has 1 aliphatic heterocycles. The van der Waals surface area contributed by atoms with E-state index in [1.165, 1.54) is 0 Å². The van der Waals surface area contributed by atoms with Crippen molar-refractivity contribution in [2.24, 2.45) is 5.92 Å². The Morgan fingerprint density at radius 3 is 2.93 bits per heavy atom. The molecule has 0 unspecified atom stereocenters. The highest BCUT2D eigenvalue weighted by Crippen LogP contribution is 2.41. The smallest absolute Gasteiger partial charge is 0.261 e. The monoisotopic (exact) mass is 393 g/mol. The summed E-state index contributed by atoms with van der Waals surface area (Å²) in [5.74, 6) is 7.14. The second kappa shape index (κ2) is 8.26. The number of ether oxygens (including phenoxy) is 1. The predicted octanol–water partition coefficient (Wildman–Crippen LogP) is 4.05. The SMILES string of the molecule is CC#CCN1C(=O)c2ccccc2Sc2cc(NC3CC(COC)C3)cnc21. The third-order valence-electron chi connectivity index (χ3n) is 5.09. The summed E-state index contributed by atoms with van der Waals surface area (Å²) in [5.41, 5.74) is 1.68. The normalized spacial score (nSPS) is 20.2. The zero-order valence-corrected chi connectivity index (χ0v) is 16.9. The van der Waals surface area contributed by atoms with E-state index < -0.39 is 0 Å². The maximum absolute atomic E-state index is 13.1. The van der Waals surface area contributed by atoms with Crippen LogP contribution in [0, 0.1) is 17.8 Å². The summed E-state index contributed by atoms with van der Waals surface area (Å²) in [4.78, 5) is 21.3. The number of nitrogens with one attached hydrogen (secondary N) is 1. The topological polar surface area (TPSA) is 54.5 Å². The minimum absolute atomic E-state index is 0.0563. The number of nitrogens with zero attached hydrogens (tertiary/aromatic N) is 2. The van der Waals surface area contributed by atoms with E-state index in [4.69, 9.17) is 4.74 Å². The van der Waals surface area contributed by atoms with Crippen molar-refractivity contribution in [3.8, 4) is 11.8 Å². The Hall–Kier alpha value is -2.49. The van der Waals surface area contributed by atoms with Gasteiger partial charge in [0.1, 0.15) is 0 Å². The fourth-order valence-electron chi connectivity index (χ4n) is 3.65. The lowest BCUT2D eigenvalue weighted by molar-refractivity contribution is 0.0986. The third-order valence-corrected chi connectivity index (χ3v) is 6.19. The maximum Gasteiger partial charge on any atom is 0.261 e. The van der Waals surface area contributed by atoms with Crippen LogP contribution in [-0.2, 0) is 4.74 Å². The summed E-state index contributed by atoms with van der Waals surface area (Å²) in [7, 11) is 1.75. The molecular weight excluding hydrogens is 370 g/mol. The van der Waals surface area contributed by atoms with Gasteiger partial charge >= 0.3 is 0 Å². The Bertz CT molecular complexity index is 944. The molecular formula is C22H23N3O2S. The van der Waals surface area contributed by atoms with Gasteiger partial charge in [0.15, 0.2) is 5.82 Å². The number of pyridine rings is 1. The van der Waals surface area contributed by atoms with E-state index in [2.05, 4.69) is 28.2 Å². The first kappa shape index (κ1) is 18.9. The molecule has 1 saturated carbocycles. The minimum Gasteiger partial charge on any atom is -0.384 e. The molecule has 0 atom stereocenters. The van der Waals surface area contributed by atoms with Gasteiger partial charge in [-0.15, -0.1) is 5.92 Å². The summed E-state index contributed by atoms with van der Waals surface area (Å²) < 4.78 is 5.23. The lowest BCUT2D eigenvalue weighted by Crippen LogP contribution is -2.37. The highest BCUT2D eigenvalue weighted by Gasteiger charge is 2.30. The van der Waals surface area contributed by atoms with Crippen LogP contribution in [0.25, 0.3) is 0 Å². The average Bonchev–Trinajstić information content (AvgIpc) is 2.79. The molecule has 0 bridgehead atoms. The lowest BCUT2D eigenvalue weighted by Gasteiger charge is -2.36. The summed E-state index contributed by atoms with van der Waals surface area (Å²) in [6.07, 6.45) is 4.04. The van der Waals surface area contributed by atoms with Crippen LogP contribution in [0.1, 0.15) is 30.1 Å². The average molecular weight is 394 g/mol. The van der Waals surface area contributed by atoms with Gasteiger partial charge in [-0.05, 0) is 43.9 Å². The number of anilines is 2. The molecule has 2 aromatic rings. The molecule has 2 heterocycles. The number of fused-ring (bicyclic) bond motifs is 2. The van der Waals surface area contributed by atoms with E-state index in [1.54, 1.807) is 30.7 Å². The molecule has 28 heavy (non-hydrogen) atoms. The number of hydrogen-bond acceptors (Lipinski definition) is 5. The van der Waals surface area contributed by atoms with Gasteiger partial charge in [-0.1, -0.05) is 29.8 Å². The van der Waals surface area contributed by atoms with E-state index >= 15 is 0 Å². The van der Waals surface area contributed by atoms with E-state index in [9.17, 15) is 4.79 Å². The minimum atomic E-state index is -0.0563. The van der Waals surface area contributed by atoms with Crippen molar-refractivity contribution in [3.05, 3.63) is 42.1 Å². The van der Waals surface area contributed by atoms with Crippen molar-refractivity contribution in [2.75, 3.05) is 30.5 Å². The summed E-state index contributed by atoms with van der Waals surface area (Å²) in [6.45, 7) is 2.93. The Morgan fingerprint density at radius 1 is 1.32 bits per heavy atom. The molecule has 2 aliphatic rings. The van der Waals surface area contributed by atoms with Crippen molar-refractivity contribution in [1.29, 1.82) is 0 Å². The van der Waals surface area contributed by atoms with Crippen molar-refractivity contribution in [3.63, 3.8) is 0 Å². The molecule has 1 N–H and O–H groups in total. The van der Waals surface area contributed by atoms with E-state index in [0.29, 0.717) is 29.9 Å². The number of rotatable bonds is 5. The molecule has 0 radical (unpaired) electrons. The van der Waals surface area contributed by atoms with Gasteiger partial charge in [0.2, 0.25) is 0 Å². The molecule has 6 heteroatoms. The molecule has 4 rings (SSSR count). The third kappa shape index (κ3) is 3.73. The molecule has 1 aliphatic carbocycles.